The number of β-amino-alcohol motifs (C(OH)–C–C–N with tert-alkyl or cyclic N) is 1. The van der Waals surface area contributed by atoms with Crippen LogP contribution in [-0.2, 0) is 11.3 Å². The molecule has 0 radical (unpaired) electrons. The number of aliphatic hydroxyl groups is 1. The molecule has 4 nitrogen and oxygen atoms in total. The van der Waals surface area contributed by atoms with Crippen LogP contribution in [0, 0.1) is 5.41 Å². The number of likely N-dealkylation sites (tertiary alicyclic amines) is 1. The highest BCUT2D eigenvalue weighted by atomic mass is 16.5. The molecule has 0 bridgehead atoms. The minimum absolute atomic E-state index is 0.359. The summed E-state index contributed by atoms with van der Waals surface area (Å²) in [5, 5.41) is 9.91. The van der Waals surface area contributed by atoms with Gasteiger partial charge in [0.2, 0.25) is 0 Å². The molecule has 1 unspecified atom stereocenters. The lowest BCUT2D eigenvalue weighted by Gasteiger charge is -2.22. The molecular formula is C14H23NO3. The van der Waals surface area contributed by atoms with E-state index in [0.29, 0.717) is 25.2 Å². The summed E-state index contributed by atoms with van der Waals surface area (Å²) in [7, 11) is 0. The van der Waals surface area contributed by atoms with Crippen molar-refractivity contribution in [3.63, 3.8) is 0 Å². The smallest absolute Gasteiger partial charge is 0.129 e. The van der Waals surface area contributed by atoms with Gasteiger partial charge in [0, 0.05) is 13.1 Å². The second-order valence-corrected chi connectivity index (χ2v) is 5.90. The first kappa shape index (κ1) is 13.6. The van der Waals surface area contributed by atoms with Crippen molar-refractivity contribution in [1.82, 2.24) is 4.90 Å². The molecule has 2 rings (SSSR count). The maximum atomic E-state index is 9.91. The van der Waals surface area contributed by atoms with Crippen molar-refractivity contribution in [2.75, 3.05) is 26.2 Å². The fourth-order valence-electron chi connectivity index (χ4n) is 2.42. The van der Waals surface area contributed by atoms with E-state index in [9.17, 15) is 5.11 Å². The van der Waals surface area contributed by atoms with Gasteiger partial charge < -0.3 is 19.2 Å². The largest absolute Gasteiger partial charge is 0.467 e. The van der Waals surface area contributed by atoms with E-state index in [-0.39, 0.29) is 0 Å². The van der Waals surface area contributed by atoms with Crippen LogP contribution >= 0.6 is 0 Å². The molecule has 1 aliphatic rings. The molecule has 1 atom stereocenters. The van der Waals surface area contributed by atoms with Crippen LogP contribution in [0.2, 0.25) is 0 Å². The van der Waals surface area contributed by atoms with Gasteiger partial charge in [0.05, 0.1) is 19.0 Å². The zero-order chi connectivity index (χ0) is 13.0. The third kappa shape index (κ3) is 4.12. The Balaban J connectivity index is 1.62. The Morgan fingerprint density at radius 1 is 1.56 bits per heavy atom. The SMILES string of the molecule is CC1(C)CCN(CC(O)COCc2ccco2)C1. The van der Waals surface area contributed by atoms with Gasteiger partial charge in [-0.1, -0.05) is 13.8 Å². The minimum atomic E-state index is -0.422. The lowest BCUT2D eigenvalue weighted by atomic mass is 9.93. The van der Waals surface area contributed by atoms with Gasteiger partial charge in [-0.05, 0) is 30.5 Å². The van der Waals surface area contributed by atoms with Crippen LogP contribution in [0.25, 0.3) is 0 Å². The Labute approximate surface area is 109 Å². The standard InChI is InChI=1S/C14H23NO3/c1-14(2)5-6-15(11-14)8-12(16)9-17-10-13-4-3-7-18-13/h3-4,7,12,16H,5-6,8-11H2,1-2H3. The highest BCUT2D eigenvalue weighted by Gasteiger charge is 2.29. The molecule has 0 aliphatic carbocycles. The summed E-state index contributed by atoms with van der Waals surface area (Å²) in [4.78, 5) is 2.31. The molecule has 0 aromatic carbocycles. The Morgan fingerprint density at radius 2 is 2.39 bits per heavy atom. The van der Waals surface area contributed by atoms with Crippen LogP contribution in [0.5, 0.6) is 0 Å². The molecule has 2 heterocycles. The fourth-order valence-corrected chi connectivity index (χ4v) is 2.42. The summed E-state index contributed by atoms with van der Waals surface area (Å²) in [6, 6.07) is 3.71. The molecule has 1 aromatic heterocycles. The number of ether oxygens (including phenoxy) is 1. The third-order valence-electron chi connectivity index (χ3n) is 3.36. The summed E-state index contributed by atoms with van der Waals surface area (Å²) in [6.45, 7) is 8.15. The summed E-state index contributed by atoms with van der Waals surface area (Å²) in [6.07, 6.45) is 2.41. The number of hydrogen-bond donors (Lipinski definition) is 1. The second-order valence-electron chi connectivity index (χ2n) is 5.90. The van der Waals surface area contributed by atoms with Crippen LogP contribution < -0.4 is 0 Å². The molecule has 1 aliphatic heterocycles. The van der Waals surface area contributed by atoms with Crippen molar-refractivity contribution in [3.05, 3.63) is 24.2 Å². The molecular weight excluding hydrogens is 230 g/mol. The van der Waals surface area contributed by atoms with E-state index in [1.807, 2.05) is 12.1 Å². The van der Waals surface area contributed by atoms with Gasteiger partial charge in [-0.2, -0.15) is 0 Å². The fraction of sp³-hybridized carbons (Fsp3) is 0.714. The van der Waals surface area contributed by atoms with Crippen molar-refractivity contribution in [2.24, 2.45) is 5.41 Å². The van der Waals surface area contributed by atoms with Crippen molar-refractivity contribution in [1.29, 1.82) is 0 Å². The van der Waals surface area contributed by atoms with E-state index in [0.717, 1.165) is 18.8 Å². The van der Waals surface area contributed by atoms with Crippen molar-refractivity contribution < 1.29 is 14.3 Å². The average Bonchev–Trinajstić information content (AvgIpc) is 2.88. The maximum Gasteiger partial charge on any atom is 0.129 e. The van der Waals surface area contributed by atoms with E-state index in [2.05, 4.69) is 18.7 Å². The van der Waals surface area contributed by atoms with Crippen molar-refractivity contribution in [3.8, 4) is 0 Å². The van der Waals surface area contributed by atoms with E-state index in [1.54, 1.807) is 6.26 Å². The molecule has 18 heavy (non-hydrogen) atoms. The topological polar surface area (TPSA) is 45.8 Å². The van der Waals surface area contributed by atoms with Gasteiger partial charge in [-0.3, -0.25) is 0 Å². The van der Waals surface area contributed by atoms with Gasteiger partial charge in [0.1, 0.15) is 12.4 Å². The Bertz CT molecular complexity index is 348. The van der Waals surface area contributed by atoms with Gasteiger partial charge in [-0.15, -0.1) is 0 Å². The monoisotopic (exact) mass is 253 g/mol. The average molecular weight is 253 g/mol. The zero-order valence-corrected chi connectivity index (χ0v) is 11.3. The second kappa shape index (κ2) is 5.87. The molecule has 4 heteroatoms. The molecule has 0 spiro atoms. The molecule has 1 fully saturated rings. The number of furan rings is 1. The normalized spacial score (nSPS) is 21.3. The van der Waals surface area contributed by atoms with Crippen LogP contribution in [-0.4, -0.2) is 42.4 Å². The molecule has 1 saturated heterocycles. The maximum absolute atomic E-state index is 9.91. The van der Waals surface area contributed by atoms with Crippen LogP contribution in [0.1, 0.15) is 26.0 Å². The predicted octanol–water partition coefficient (Wildman–Crippen LogP) is 1.89. The van der Waals surface area contributed by atoms with Gasteiger partial charge in [0.25, 0.3) is 0 Å². The van der Waals surface area contributed by atoms with Gasteiger partial charge in [-0.25, -0.2) is 0 Å². The van der Waals surface area contributed by atoms with E-state index < -0.39 is 6.10 Å². The van der Waals surface area contributed by atoms with E-state index in [1.165, 1.54) is 6.42 Å². The number of hydrogen-bond acceptors (Lipinski definition) is 4. The molecule has 0 saturated carbocycles. The highest BCUT2D eigenvalue weighted by molar-refractivity contribution is 4.96. The Kier molecular flexibility index (Phi) is 4.43. The third-order valence-corrected chi connectivity index (χ3v) is 3.36. The van der Waals surface area contributed by atoms with Gasteiger partial charge in [0.15, 0.2) is 0 Å². The van der Waals surface area contributed by atoms with E-state index >= 15 is 0 Å². The molecule has 0 amide bonds. The predicted molar refractivity (Wildman–Crippen MR) is 69.2 cm³/mol. The van der Waals surface area contributed by atoms with Gasteiger partial charge >= 0.3 is 0 Å². The summed E-state index contributed by atoms with van der Waals surface area (Å²) < 4.78 is 10.6. The number of aliphatic hydroxyl groups excluding tert-OH is 1. The van der Waals surface area contributed by atoms with Crippen LogP contribution in [0.15, 0.2) is 22.8 Å². The van der Waals surface area contributed by atoms with E-state index in [4.69, 9.17) is 9.15 Å². The summed E-state index contributed by atoms with van der Waals surface area (Å²) in [5.74, 6) is 0.796. The Hall–Kier alpha value is -0.840. The number of nitrogens with zero attached hydrogens (tertiary/aromatic N) is 1. The zero-order valence-electron chi connectivity index (χ0n) is 11.3. The summed E-state index contributed by atoms with van der Waals surface area (Å²) >= 11 is 0. The van der Waals surface area contributed by atoms with Crippen LogP contribution in [0.3, 0.4) is 0 Å². The highest BCUT2D eigenvalue weighted by Crippen LogP contribution is 2.28. The van der Waals surface area contributed by atoms with Crippen molar-refractivity contribution in [2.45, 2.75) is 33.0 Å². The molecule has 102 valence electrons. The quantitative estimate of drug-likeness (QED) is 0.841. The lowest BCUT2D eigenvalue weighted by Crippen LogP contribution is -2.34. The first-order valence-corrected chi connectivity index (χ1v) is 6.56. The number of rotatable bonds is 6. The lowest BCUT2D eigenvalue weighted by molar-refractivity contribution is 0.00725. The van der Waals surface area contributed by atoms with Crippen LogP contribution in [0.4, 0.5) is 0 Å². The minimum Gasteiger partial charge on any atom is -0.467 e. The van der Waals surface area contributed by atoms with Crippen molar-refractivity contribution >= 4 is 0 Å². The summed E-state index contributed by atoms with van der Waals surface area (Å²) in [5.41, 5.74) is 0.384. The molecule has 1 aromatic rings. The first-order valence-electron chi connectivity index (χ1n) is 6.56. The molecule has 1 N–H and O–H groups in total. The Morgan fingerprint density at radius 3 is 3.00 bits per heavy atom. The first-order chi connectivity index (χ1) is 8.55.